The zero-order valence-electron chi connectivity index (χ0n) is 15.4. The van der Waals surface area contributed by atoms with Gasteiger partial charge in [-0.2, -0.15) is 0 Å². The third kappa shape index (κ3) is 3.81. The molecule has 1 aliphatic rings. The Kier molecular flexibility index (Phi) is 5.08. The van der Waals surface area contributed by atoms with E-state index in [0.717, 1.165) is 55.0 Å². The van der Waals surface area contributed by atoms with Gasteiger partial charge in [0.1, 0.15) is 0 Å². The maximum absolute atomic E-state index is 12.5. The molecule has 1 saturated heterocycles. The van der Waals surface area contributed by atoms with Crippen molar-refractivity contribution in [2.75, 3.05) is 39.3 Å². The van der Waals surface area contributed by atoms with Crippen LogP contribution in [0.25, 0.3) is 16.6 Å². The number of carbonyl (C=O) groups is 1. The molecule has 4 rings (SSSR count). The van der Waals surface area contributed by atoms with Gasteiger partial charge in [-0.1, -0.05) is 11.3 Å². The van der Waals surface area contributed by atoms with Crippen LogP contribution in [0.15, 0.2) is 36.5 Å². The molecule has 0 aliphatic carbocycles. The van der Waals surface area contributed by atoms with Crippen molar-refractivity contribution < 1.29 is 4.79 Å². The Hall–Kier alpha value is -2.84. The SMILES string of the molecule is Cc1c(C(=O)NCCN2CCNCC2)nnn1-c1ccc2ncccc2c1. The van der Waals surface area contributed by atoms with E-state index in [1.165, 1.54) is 0 Å². The maximum atomic E-state index is 12.5. The van der Waals surface area contributed by atoms with Crippen LogP contribution in [0.5, 0.6) is 0 Å². The molecule has 1 fully saturated rings. The summed E-state index contributed by atoms with van der Waals surface area (Å²) in [6, 6.07) is 9.78. The second kappa shape index (κ2) is 7.81. The van der Waals surface area contributed by atoms with Gasteiger partial charge in [0.25, 0.3) is 5.91 Å². The Morgan fingerprint density at radius 3 is 2.96 bits per heavy atom. The Morgan fingerprint density at radius 2 is 2.11 bits per heavy atom. The second-order valence-electron chi connectivity index (χ2n) is 6.66. The van der Waals surface area contributed by atoms with Gasteiger partial charge in [-0.3, -0.25) is 14.7 Å². The van der Waals surface area contributed by atoms with Crippen molar-refractivity contribution in [2.24, 2.45) is 0 Å². The topological polar surface area (TPSA) is 88.0 Å². The van der Waals surface area contributed by atoms with Crippen molar-refractivity contribution in [3.8, 4) is 5.69 Å². The molecule has 8 nitrogen and oxygen atoms in total. The molecule has 3 heterocycles. The molecule has 0 spiro atoms. The molecule has 0 saturated carbocycles. The van der Waals surface area contributed by atoms with Gasteiger partial charge < -0.3 is 10.6 Å². The molecule has 1 aliphatic heterocycles. The van der Waals surface area contributed by atoms with Gasteiger partial charge in [0, 0.05) is 50.9 Å². The van der Waals surface area contributed by atoms with Crippen LogP contribution in [-0.2, 0) is 0 Å². The Bertz CT molecular complexity index is 946. The van der Waals surface area contributed by atoms with E-state index in [1.807, 2.05) is 37.3 Å². The molecule has 140 valence electrons. The predicted molar refractivity (Wildman–Crippen MR) is 103 cm³/mol. The van der Waals surface area contributed by atoms with Gasteiger partial charge in [-0.05, 0) is 31.2 Å². The largest absolute Gasteiger partial charge is 0.349 e. The summed E-state index contributed by atoms with van der Waals surface area (Å²) in [5.41, 5.74) is 2.87. The minimum Gasteiger partial charge on any atom is -0.349 e. The summed E-state index contributed by atoms with van der Waals surface area (Å²) in [5.74, 6) is -0.184. The Balaban J connectivity index is 1.45. The molecule has 27 heavy (non-hydrogen) atoms. The van der Waals surface area contributed by atoms with Crippen molar-refractivity contribution >= 4 is 16.8 Å². The molecule has 2 aromatic heterocycles. The Labute approximate surface area is 157 Å². The van der Waals surface area contributed by atoms with Gasteiger partial charge >= 0.3 is 0 Å². The van der Waals surface area contributed by atoms with E-state index in [9.17, 15) is 4.79 Å². The zero-order chi connectivity index (χ0) is 18.6. The number of fused-ring (bicyclic) bond motifs is 1. The van der Waals surface area contributed by atoms with Crippen LogP contribution in [-0.4, -0.2) is 70.1 Å². The van der Waals surface area contributed by atoms with Crippen molar-refractivity contribution in [1.82, 2.24) is 35.5 Å². The first-order valence-corrected chi connectivity index (χ1v) is 9.21. The molecule has 0 unspecified atom stereocenters. The van der Waals surface area contributed by atoms with E-state index in [0.29, 0.717) is 12.2 Å². The first-order chi connectivity index (χ1) is 13.2. The zero-order valence-corrected chi connectivity index (χ0v) is 15.4. The third-order valence-corrected chi connectivity index (χ3v) is 4.86. The van der Waals surface area contributed by atoms with E-state index in [1.54, 1.807) is 10.9 Å². The van der Waals surface area contributed by atoms with Crippen LogP contribution in [0.2, 0.25) is 0 Å². The van der Waals surface area contributed by atoms with E-state index in [-0.39, 0.29) is 5.91 Å². The average molecular weight is 365 g/mol. The lowest BCUT2D eigenvalue weighted by Gasteiger charge is -2.26. The maximum Gasteiger partial charge on any atom is 0.273 e. The van der Waals surface area contributed by atoms with Gasteiger partial charge in [0.15, 0.2) is 5.69 Å². The first kappa shape index (κ1) is 17.6. The normalized spacial score (nSPS) is 15.1. The monoisotopic (exact) mass is 365 g/mol. The van der Waals surface area contributed by atoms with Crippen molar-refractivity contribution in [1.29, 1.82) is 0 Å². The summed E-state index contributed by atoms with van der Waals surface area (Å²) in [7, 11) is 0. The number of nitrogens with zero attached hydrogens (tertiary/aromatic N) is 5. The lowest BCUT2D eigenvalue weighted by atomic mass is 10.2. The number of amides is 1. The fraction of sp³-hybridized carbons (Fsp3) is 0.368. The Morgan fingerprint density at radius 1 is 1.26 bits per heavy atom. The summed E-state index contributed by atoms with van der Waals surface area (Å²) < 4.78 is 1.69. The molecule has 3 aromatic rings. The van der Waals surface area contributed by atoms with Gasteiger partial charge in [-0.25, -0.2) is 4.68 Å². The molecule has 2 N–H and O–H groups in total. The highest BCUT2D eigenvalue weighted by Gasteiger charge is 2.18. The van der Waals surface area contributed by atoms with Crippen LogP contribution in [0.3, 0.4) is 0 Å². The van der Waals surface area contributed by atoms with Gasteiger partial charge in [-0.15, -0.1) is 5.10 Å². The van der Waals surface area contributed by atoms with Gasteiger partial charge in [0.05, 0.1) is 16.9 Å². The lowest BCUT2D eigenvalue weighted by molar-refractivity contribution is 0.0941. The molecule has 0 atom stereocenters. The predicted octanol–water partition coefficient (Wildman–Crippen LogP) is 0.759. The molecule has 1 amide bonds. The average Bonchev–Trinajstić information content (AvgIpc) is 3.10. The highest BCUT2D eigenvalue weighted by atomic mass is 16.2. The molecule has 8 heteroatoms. The summed E-state index contributed by atoms with van der Waals surface area (Å²) in [4.78, 5) is 19.2. The molecule has 0 bridgehead atoms. The fourth-order valence-corrected chi connectivity index (χ4v) is 3.32. The summed E-state index contributed by atoms with van der Waals surface area (Å²) in [6.07, 6.45) is 1.77. The van der Waals surface area contributed by atoms with E-state index < -0.39 is 0 Å². The van der Waals surface area contributed by atoms with Crippen molar-refractivity contribution in [3.63, 3.8) is 0 Å². The molecule has 0 radical (unpaired) electrons. The fourth-order valence-electron chi connectivity index (χ4n) is 3.32. The standard InChI is InChI=1S/C19H23N7O/c1-14-18(19(27)22-9-12-25-10-7-20-8-11-25)23-24-26(14)16-4-5-17-15(13-16)3-2-6-21-17/h2-6,13,20H,7-12H2,1H3,(H,22,27). The summed E-state index contributed by atoms with van der Waals surface area (Å²) in [6.45, 7) is 7.35. The van der Waals surface area contributed by atoms with Crippen LogP contribution in [0.1, 0.15) is 16.2 Å². The van der Waals surface area contributed by atoms with Crippen molar-refractivity contribution in [2.45, 2.75) is 6.92 Å². The molecular formula is C19H23N7O. The third-order valence-electron chi connectivity index (χ3n) is 4.86. The number of carbonyl (C=O) groups excluding carboxylic acids is 1. The molecular weight excluding hydrogens is 342 g/mol. The van der Waals surface area contributed by atoms with Crippen LogP contribution >= 0.6 is 0 Å². The van der Waals surface area contributed by atoms with Gasteiger partial charge in [0.2, 0.25) is 0 Å². The number of nitrogens with one attached hydrogen (secondary N) is 2. The number of benzene rings is 1. The first-order valence-electron chi connectivity index (χ1n) is 9.21. The van der Waals surface area contributed by atoms with Crippen LogP contribution < -0.4 is 10.6 Å². The highest BCUT2D eigenvalue weighted by Crippen LogP contribution is 2.18. The van der Waals surface area contributed by atoms with E-state index in [4.69, 9.17) is 0 Å². The minimum absolute atomic E-state index is 0.184. The highest BCUT2D eigenvalue weighted by molar-refractivity contribution is 5.93. The molecule has 1 aromatic carbocycles. The second-order valence-corrected chi connectivity index (χ2v) is 6.66. The van der Waals surface area contributed by atoms with Crippen molar-refractivity contribution in [3.05, 3.63) is 47.9 Å². The van der Waals surface area contributed by atoms with Crippen LogP contribution in [0, 0.1) is 6.92 Å². The quantitative estimate of drug-likeness (QED) is 0.694. The number of hydrogen-bond donors (Lipinski definition) is 2. The number of rotatable bonds is 5. The minimum atomic E-state index is -0.184. The number of hydrogen-bond acceptors (Lipinski definition) is 6. The van der Waals surface area contributed by atoms with E-state index in [2.05, 4.69) is 30.8 Å². The van der Waals surface area contributed by atoms with Crippen LogP contribution in [0.4, 0.5) is 0 Å². The van der Waals surface area contributed by atoms with E-state index >= 15 is 0 Å². The number of pyridine rings is 1. The number of piperazine rings is 1. The lowest BCUT2D eigenvalue weighted by Crippen LogP contribution is -2.46. The number of aromatic nitrogens is 4. The smallest absolute Gasteiger partial charge is 0.273 e. The summed E-state index contributed by atoms with van der Waals surface area (Å²) >= 11 is 0. The summed E-state index contributed by atoms with van der Waals surface area (Å²) in [5, 5.41) is 15.6.